The van der Waals surface area contributed by atoms with Crippen LogP contribution in [-0.4, -0.2) is 41.4 Å². The number of pyridine rings is 1. The molecule has 5 heterocycles. The molecule has 170 valence electrons. The lowest BCUT2D eigenvalue weighted by Gasteiger charge is -2.28. The van der Waals surface area contributed by atoms with E-state index in [1.807, 2.05) is 29.6 Å². The number of ether oxygens (including phenoxy) is 1. The maximum atomic E-state index is 13.1. The van der Waals surface area contributed by atoms with Gasteiger partial charge in [0.1, 0.15) is 17.0 Å². The molecular weight excluding hydrogens is 456 g/mol. The number of carbonyl (C=O) groups is 3. The Hall–Kier alpha value is -4.18. The fourth-order valence-electron chi connectivity index (χ4n) is 4.43. The van der Waals surface area contributed by atoms with Crippen molar-refractivity contribution in [3.05, 3.63) is 70.8 Å². The topological polar surface area (TPSA) is 114 Å². The van der Waals surface area contributed by atoms with Crippen LogP contribution >= 0.6 is 11.3 Å². The van der Waals surface area contributed by atoms with E-state index in [2.05, 4.69) is 15.6 Å². The minimum absolute atomic E-state index is 0.0992. The van der Waals surface area contributed by atoms with Crippen LogP contribution in [0.2, 0.25) is 0 Å². The van der Waals surface area contributed by atoms with Gasteiger partial charge in [-0.05, 0) is 41.3 Å². The summed E-state index contributed by atoms with van der Waals surface area (Å²) < 4.78 is 11.2. The summed E-state index contributed by atoms with van der Waals surface area (Å²) in [6.07, 6.45) is 0. The third-order valence-electron chi connectivity index (χ3n) is 6.13. The van der Waals surface area contributed by atoms with Gasteiger partial charge in [0.2, 0.25) is 0 Å². The molecule has 10 heteroatoms. The number of rotatable bonds is 5. The third-order valence-corrected chi connectivity index (χ3v) is 7.03. The fraction of sp³-hybridized carbons (Fsp3) is 0.167. The first-order chi connectivity index (χ1) is 16.5. The number of benzene rings is 1. The quantitative estimate of drug-likeness (QED) is 0.429. The average molecular weight is 474 g/mol. The van der Waals surface area contributed by atoms with Gasteiger partial charge in [-0.3, -0.25) is 14.9 Å². The van der Waals surface area contributed by atoms with E-state index in [9.17, 15) is 14.4 Å². The first-order valence-electron chi connectivity index (χ1n) is 10.5. The number of thiophene rings is 1. The number of carbonyl (C=O) groups excluding carboxylic acids is 3. The van der Waals surface area contributed by atoms with E-state index in [1.54, 1.807) is 35.6 Å². The molecule has 0 aliphatic carbocycles. The van der Waals surface area contributed by atoms with Crippen molar-refractivity contribution in [1.29, 1.82) is 0 Å². The number of hydrogen-bond donors (Lipinski definition) is 2. The number of fused-ring (bicyclic) bond motifs is 2. The van der Waals surface area contributed by atoms with Gasteiger partial charge in [-0.1, -0.05) is 12.1 Å². The maximum absolute atomic E-state index is 13.1. The number of hydrogen-bond acceptors (Lipinski definition) is 7. The van der Waals surface area contributed by atoms with Crippen molar-refractivity contribution in [1.82, 2.24) is 20.5 Å². The number of furan rings is 1. The van der Waals surface area contributed by atoms with Crippen molar-refractivity contribution in [2.24, 2.45) is 0 Å². The molecule has 2 N–H and O–H groups in total. The van der Waals surface area contributed by atoms with Crippen LogP contribution in [0.25, 0.3) is 21.7 Å². The van der Waals surface area contributed by atoms with E-state index < -0.39 is 17.5 Å². The van der Waals surface area contributed by atoms with Crippen molar-refractivity contribution in [2.75, 3.05) is 13.7 Å². The van der Waals surface area contributed by atoms with Crippen molar-refractivity contribution in [3.63, 3.8) is 0 Å². The van der Waals surface area contributed by atoms with Crippen LogP contribution < -0.4 is 15.4 Å². The number of urea groups is 1. The summed E-state index contributed by atoms with van der Waals surface area (Å²) in [6.45, 7) is 0.196. The smallest absolute Gasteiger partial charge is 0.322 e. The number of nitrogens with zero attached hydrogens (tertiary/aromatic N) is 2. The van der Waals surface area contributed by atoms with Gasteiger partial charge in [0, 0.05) is 18.2 Å². The van der Waals surface area contributed by atoms with Crippen molar-refractivity contribution in [3.8, 4) is 16.3 Å². The second kappa shape index (κ2) is 7.42. The van der Waals surface area contributed by atoms with E-state index in [0.29, 0.717) is 29.0 Å². The zero-order valence-corrected chi connectivity index (χ0v) is 18.8. The highest BCUT2D eigenvalue weighted by Gasteiger charge is 2.53. The van der Waals surface area contributed by atoms with Crippen molar-refractivity contribution < 1.29 is 23.5 Å². The van der Waals surface area contributed by atoms with Gasteiger partial charge in [0.05, 0.1) is 24.2 Å². The van der Waals surface area contributed by atoms with Gasteiger partial charge >= 0.3 is 6.03 Å². The Bertz CT molecular complexity index is 1480. The zero-order valence-electron chi connectivity index (χ0n) is 18.0. The SMILES string of the molecule is COc1ccc2c(c1)C(=O)N(CC1(c3cc4nc(-c5cccs5)ccc4o3)NC(=O)NC1=O)C2. The maximum Gasteiger partial charge on any atom is 0.322 e. The summed E-state index contributed by atoms with van der Waals surface area (Å²) in [5, 5.41) is 6.95. The van der Waals surface area contributed by atoms with Crippen molar-refractivity contribution in [2.45, 2.75) is 12.1 Å². The Labute approximate surface area is 197 Å². The van der Waals surface area contributed by atoms with E-state index in [1.165, 1.54) is 12.0 Å². The Morgan fingerprint density at radius 1 is 1.18 bits per heavy atom. The molecule has 0 saturated carbocycles. The Morgan fingerprint density at radius 2 is 2.06 bits per heavy atom. The molecule has 1 fully saturated rings. The molecule has 3 aromatic heterocycles. The monoisotopic (exact) mass is 474 g/mol. The van der Waals surface area contributed by atoms with Gasteiger partial charge in [-0.25, -0.2) is 9.78 Å². The van der Waals surface area contributed by atoms with Crippen LogP contribution in [0.4, 0.5) is 4.79 Å². The standard InChI is InChI=1S/C24H18N4O5S/c1-32-14-5-4-13-11-28(21(29)15(13)9-14)12-24(22(30)26-23(31)27-24)20-10-17-18(33-20)7-6-16(25-17)19-3-2-8-34-19/h2-10H,11-12H2,1H3,(H2,26,27,30,31). The number of methoxy groups -OCH3 is 1. The molecule has 4 aromatic rings. The van der Waals surface area contributed by atoms with Crippen LogP contribution in [0.1, 0.15) is 21.7 Å². The normalized spacial score (nSPS) is 19.4. The van der Waals surface area contributed by atoms with Crippen LogP contribution in [0, 0.1) is 0 Å². The predicted molar refractivity (Wildman–Crippen MR) is 123 cm³/mol. The molecule has 2 aliphatic rings. The van der Waals surface area contributed by atoms with Crippen LogP contribution in [0.15, 0.2) is 58.3 Å². The number of nitrogens with one attached hydrogen (secondary N) is 2. The van der Waals surface area contributed by atoms with Crippen LogP contribution in [-0.2, 0) is 16.9 Å². The lowest BCUT2D eigenvalue weighted by molar-refractivity contribution is -0.125. The predicted octanol–water partition coefficient (Wildman–Crippen LogP) is 3.26. The molecule has 1 unspecified atom stereocenters. The molecule has 1 atom stereocenters. The highest BCUT2D eigenvalue weighted by atomic mass is 32.1. The molecule has 1 aromatic carbocycles. The highest BCUT2D eigenvalue weighted by molar-refractivity contribution is 7.13. The van der Waals surface area contributed by atoms with E-state index in [4.69, 9.17) is 9.15 Å². The fourth-order valence-corrected chi connectivity index (χ4v) is 5.13. The van der Waals surface area contributed by atoms with Gasteiger partial charge in [0.15, 0.2) is 11.1 Å². The minimum atomic E-state index is -1.58. The van der Waals surface area contributed by atoms with E-state index in [0.717, 1.165) is 16.1 Å². The van der Waals surface area contributed by atoms with Crippen LogP contribution in [0.3, 0.4) is 0 Å². The molecule has 2 aliphatic heterocycles. The molecule has 4 amide bonds. The molecule has 1 saturated heterocycles. The van der Waals surface area contributed by atoms with E-state index >= 15 is 0 Å². The van der Waals surface area contributed by atoms with Gasteiger partial charge < -0.3 is 19.4 Å². The summed E-state index contributed by atoms with van der Waals surface area (Å²) in [6, 6.07) is 13.8. The lowest BCUT2D eigenvalue weighted by atomic mass is 9.95. The second-order valence-electron chi connectivity index (χ2n) is 8.17. The van der Waals surface area contributed by atoms with Gasteiger partial charge in [-0.15, -0.1) is 11.3 Å². The van der Waals surface area contributed by atoms with E-state index in [-0.39, 0.29) is 18.2 Å². The summed E-state index contributed by atoms with van der Waals surface area (Å²) >= 11 is 1.57. The molecular formula is C24H18N4O5S. The highest BCUT2D eigenvalue weighted by Crippen LogP contribution is 2.35. The van der Waals surface area contributed by atoms with Gasteiger partial charge in [-0.2, -0.15) is 0 Å². The summed E-state index contributed by atoms with van der Waals surface area (Å²) in [5.41, 5.74) is 1.55. The largest absolute Gasteiger partial charge is 0.497 e. The lowest BCUT2D eigenvalue weighted by Crippen LogP contribution is -2.52. The molecule has 9 nitrogen and oxygen atoms in total. The summed E-state index contributed by atoms with van der Waals surface area (Å²) in [7, 11) is 1.53. The van der Waals surface area contributed by atoms with Crippen LogP contribution in [0.5, 0.6) is 5.75 Å². The average Bonchev–Trinajstić information content (AvgIpc) is 3.61. The van der Waals surface area contributed by atoms with Gasteiger partial charge in [0.25, 0.3) is 11.8 Å². The molecule has 34 heavy (non-hydrogen) atoms. The Morgan fingerprint density at radius 3 is 2.79 bits per heavy atom. The third kappa shape index (κ3) is 3.06. The number of aromatic nitrogens is 1. The zero-order chi connectivity index (χ0) is 23.4. The molecule has 0 radical (unpaired) electrons. The molecule has 0 spiro atoms. The number of imide groups is 1. The summed E-state index contributed by atoms with van der Waals surface area (Å²) in [4.78, 5) is 45.6. The first kappa shape index (κ1) is 20.4. The Kier molecular flexibility index (Phi) is 4.46. The second-order valence-corrected chi connectivity index (χ2v) is 9.11. The number of amides is 4. The Balaban J connectivity index is 1.39. The summed E-state index contributed by atoms with van der Waals surface area (Å²) in [5.74, 6) is -0.0590. The minimum Gasteiger partial charge on any atom is -0.497 e. The molecule has 0 bridgehead atoms. The first-order valence-corrected chi connectivity index (χ1v) is 11.4. The molecule has 6 rings (SSSR count). The van der Waals surface area contributed by atoms with Crippen molar-refractivity contribution >= 4 is 40.3 Å².